The van der Waals surface area contributed by atoms with Crippen LogP contribution in [0.2, 0.25) is 0 Å². The van der Waals surface area contributed by atoms with Gasteiger partial charge in [-0.25, -0.2) is 0 Å². The molecule has 1 heterocycles. The standard InChI is InChI=1S/C39H48N8O3/c1-6-41-39(50)35-26(4)34(46-47-40)36(45-35)27(5)42-24-33(21-28-13-10-8-7-9-11-14-28)44-38(49)32-16-12-15-31(22-32)37(48)43-23-29-17-19-30(20-18-29)25(2)3/h7-20,22,25-27,33,35,42,45H,6,21,23-24H2,1-5H3,(H,41,50)(H,43,48)(H,44,49)/b8-7+,9-7?,10-8?,11-9+,13-10-,14-11?,28-13?,28-14+. The Hall–Kier alpha value is -5.38. The Morgan fingerprint density at radius 2 is 1.64 bits per heavy atom. The molecule has 0 fully saturated rings. The van der Waals surface area contributed by atoms with E-state index in [2.05, 4.69) is 62.6 Å². The van der Waals surface area contributed by atoms with Crippen molar-refractivity contribution in [2.75, 3.05) is 13.1 Å². The van der Waals surface area contributed by atoms with E-state index in [9.17, 15) is 19.9 Å². The summed E-state index contributed by atoms with van der Waals surface area (Å²) >= 11 is 0. The largest absolute Gasteiger partial charge is 0.375 e. The molecule has 0 radical (unpaired) electrons. The number of benzene rings is 2. The smallest absolute Gasteiger partial charge is 0.251 e. The van der Waals surface area contributed by atoms with E-state index in [-0.39, 0.29) is 35.7 Å². The molecule has 262 valence electrons. The second-order valence-corrected chi connectivity index (χ2v) is 12.8. The first-order valence-corrected chi connectivity index (χ1v) is 17.2. The third-order valence-corrected chi connectivity index (χ3v) is 8.78. The van der Waals surface area contributed by atoms with E-state index >= 15 is 0 Å². The zero-order valence-electron chi connectivity index (χ0n) is 29.4. The molecule has 11 nitrogen and oxygen atoms in total. The highest BCUT2D eigenvalue weighted by Gasteiger charge is 2.37. The lowest BCUT2D eigenvalue weighted by Gasteiger charge is -2.24. The molecule has 11 heteroatoms. The van der Waals surface area contributed by atoms with Crippen LogP contribution >= 0.6 is 0 Å². The van der Waals surface area contributed by atoms with E-state index in [0.717, 1.165) is 11.1 Å². The first-order valence-electron chi connectivity index (χ1n) is 17.2. The molecule has 0 aromatic heterocycles. The van der Waals surface area contributed by atoms with Crippen LogP contribution in [-0.4, -0.2) is 48.9 Å². The number of azide groups is 1. The second-order valence-electron chi connectivity index (χ2n) is 12.8. The molecule has 2 aromatic rings. The fraction of sp³-hybridized carbons (Fsp3) is 0.359. The van der Waals surface area contributed by atoms with Crippen molar-refractivity contribution in [2.24, 2.45) is 11.0 Å². The van der Waals surface area contributed by atoms with Crippen LogP contribution in [0.25, 0.3) is 10.4 Å². The number of rotatable bonds is 15. The Bertz CT molecular complexity index is 1730. The number of nitrogens with one attached hydrogen (secondary N) is 5. The molecule has 4 atom stereocenters. The van der Waals surface area contributed by atoms with Crippen LogP contribution in [-0.2, 0) is 11.3 Å². The predicted octanol–water partition coefficient (Wildman–Crippen LogP) is 6.08. The first-order chi connectivity index (χ1) is 24.1. The first kappa shape index (κ1) is 37.4. The van der Waals surface area contributed by atoms with Crippen molar-refractivity contribution in [3.63, 3.8) is 0 Å². The van der Waals surface area contributed by atoms with Gasteiger partial charge < -0.3 is 26.6 Å². The van der Waals surface area contributed by atoms with Gasteiger partial charge in [-0.2, -0.15) is 0 Å². The van der Waals surface area contributed by atoms with Crippen LogP contribution in [0.5, 0.6) is 0 Å². The summed E-state index contributed by atoms with van der Waals surface area (Å²) in [7, 11) is 0. The highest BCUT2D eigenvalue weighted by atomic mass is 16.2. The van der Waals surface area contributed by atoms with Gasteiger partial charge in [0.05, 0.1) is 0 Å². The van der Waals surface area contributed by atoms with Gasteiger partial charge >= 0.3 is 0 Å². The number of nitrogens with zero attached hydrogens (tertiary/aromatic N) is 3. The van der Waals surface area contributed by atoms with Crippen LogP contribution in [0.3, 0.4) is 0 Å². The van der Waals surface area contributed by atoms with Gasteiger partial charge in [0.1, 0.15) is 6.04 Å². The molecule has 5 N–H and O–H groups in total. The van der Waals surface area contributed by atoms with Gasteiger partial charge in [0.15, 0.2) is 0 Å². The number of carbonyl (C=O) groups is 3. The molecule has 3 amide bonds. The minimum Gasteiger partial charge on any atom is -0.375 e. The lowest BCUT2D eigenvalue weighted by atomic mass is 10.0. The summed E-state index contributed by atoms with van der Waals surface area (Å²) in [5, 5.41) is 19.6. The Kier molecular flexibility index (Phi) is 13.8. The van der Waals surface area contributed by atoms with Gasteiger partial charge in [-0.1, -0.05) is 98.7 Å². The molecule has 0 saturated heterocycles. The highest BCUT2D eigenvalue weighted by Crippen LogP contribution is 2.29. The summed E-state index contributed by atoms with van der Waals surface area (Å²) in [5.74, 6) is -0.642. The van der Waals surface area contributed by atoms with E-state index in [0.29, 0.717) is 54.5 Å². The maximum Gasteiger partial charge on any atom is 0.251 e. The van der Waals surface area contributed by atoms with Crippen molar-refractivity contribution in [2.45, 2.75) is 71.6 Å². The van der Waals surface area contributed by atoms with Crippen LogP contribution in [0, 0.1) is 5.92 Å². The van der Waals surface area contributed by atoms with Crippen molar-refractivity contribution < 1.29 is 14.4 Å². The predicted molar refractivity (Wildman–Crippen MR) is 198 cm³/mol. The second kappa shape index (κ2) is 18.4. The normalized spacial score (nSPS) is 20.9. The van der Waals surface area contributed by atoms with Crippen molar-refractivity contribution in [1.82, 2.24) is 26.6 Å². The minimum absolute atomic E-state index is 0.167. The average molecular weight is 677 g/mol. The Morgan fingerprint density at radius 3 is 2.34 bits per heavy atom. The quantitative estimate of drug-likeness (QED) is 0.0877. The summed E-state index contributed by atoms with van der Waals surface area (Å²) in [5.41, 5.74) is 14.4. The third kappa shape index (κ3) is 10.3. The number of hydrogen-bond acceptors (Lipinski definition) is 6. The molecular formula is C39H48N8O3. The van der Waals surface area contributed by atoms with Crippen molar-refractivity contribution in [3.8, 4) is 0 Å². The maximum absolute atomic E-state index is 13.7. The van der Waals surface area contributed by atoms with E-state index in [1.54, 1.807) is 24.3 Å². The van der Waals surface area contributed by atoms with Crippen LogP contribution < -0.4 is 26.6 Å². The van der Waals surface area contributed by atoms with Crippen molar-refractivity contribution in [3.05, 3.63) is 141 Å². The molecule has 4 rings (SSSR count). The molecule has 4 unspecified atom stereocenters. The molecule has 0 spiro atoms. The summed E-state index contributed by atoms with van der Waals surface area (Å²) in [4.78, 5) is 42.5. The van der Waals surface area contributed by atoms with Crippen molar-refractivity contribution >= 4 is 17.7 Å². The van der Waals surface area contributed by atoms with Crippen LogP contribution in [0.15, 0.2) is 113 Å². The lowest BCUT2D eigenvalue weighted by Crippen LogP contribution is -2.48. The number of carbonyl (C=O) groups excluding carboxylic acids is 3. The van der Waals surface area contributed by atoms with E-state index in [1.165, 1.54) is 5.56 Å². The SMILES string of the molecule is CCNC(=O)C1NC(C(C)NCC(CC2=C/C=C/C=C/C=C\2)NC(=O)c2cccc(C(=O)NCc3ccc(C(C)C)cc3)c2)=C(N=[N+]=[N-])C1C. The van der Waals surface area contributed by atoms with Crippen LogP contribution in [0.4, 0.5) is 0 Å². The molecule has 2 aliphatic rings. The van der Waals surface area contributed by atoms with E-state index in [4.69, 9.17) is 0 Å². The number of hydrogen-bond donors (Lipinski definition) is 5. The van der Waals surface area contributed by atoms with Crippen LogP contribution in [0.1, 0.15) is 78.8 Å². The van der Waals surface area contributed by atoms with Gasteiger partial charge in [0.25, 0.3) is 11.8 Å². The Balaban J connectivity index is 1.47. The van der Waals surface area contributed by atoms with Crippen molar-refractivity contribution in [1.29, 1.82) is 0 Å². The summed E-state index contributed by atoms with van der Waals surface area (Å²) < 4.78 is 0. The molecule has 1 aliphatic carbocycles. The monoisotopic (exact) mass is 676 g/mol. The van der Waals surface area contributed by atoms with Gasteiger partial charge in [0.2, 0.25) is 5.91 Å². The topological polar surface area (TPSA) is 160 Å². The fourth-order valence-electron chi connectivity index (χ4n) is 5.88. The highest BCUT2D eigenvalue weighted by molar-refractivity contribution is 5.99. The van der Waals surface area contributed by atoms with Gasteiger partial charge in [0, 0.05) is 65.1 Å². The number of amides is 3. The Morgan fingerprint density at radius 1 is 0.940 bits per heavy atom. The molecule has 0 bridgehead atoms. The molecule has 0 saturated carbocycles. The minimum atomic E-state index is -0.565. The third-order valence-electron chi connectivity index (χ3n) is 8.78. The summed E-state index contributed by atoms with van der Waals surface area (Å²) in [6.45, 7) is 11.1. The summed E-state index contributed by atoms with van der Waals surface area (Å²) in [6.07, 6.45) is 14.3. The maximum atomic E-state index is 13.7. The average Bonchev–Trinajstić information content (AvgIpc) is 3.43. The Labute approximate surface area is 294 Å². The van der Waals surface area contributed by atoms with E-state index < -0.39 is 6.04 Å². The zero-order chi connectivity index (χ0) is 36.0. The lowest BCUT2D eigenvalue weighted by molar-refractivity contribution is -0.123. The molecule has 2 aromatic carbocycles. The fourth-order valence-corrected chi connectivity index (χ4v) is 5.88. The van der Waals surface area contributed by atoms with E-state index in [1.807, 2.05) is 75.4 Å². The molecule has 50 heavy (non-hydrogen) atoms. The molecule has 1 aliphatic heterocycles. The number of likely N-dealkylation sites (N-methyl/N-ethyl adjacent to an activating group) is 1. The summed E-state index contributed by atoms with van der Waals surface area (Å²) in [6, 6.07) is 13.6. The molecular weight excluding hydrogens is 628 g/mol. The van der Waals surface area contributed by atoms with Gasteiger partial charge in [-0.15, -0.1) is 0 Å². The number of allylic oxidation sites excluding steroid dienone is 7. The van der Waals surface area contributed by atoms with Gasteiger partial charge in [-0.05, 0) is 66.6 Å². The van der Waals surface area contributed by atoms with Gasteiger partial charge in [-0.3, -0.25) is 14.4 Å². The zero-order valence-corrected chi connectivity index (χ0v) is 29.4.